The first-order chi connectivity index (χ1) is 8.94. The molecule has 1 atom stereocenters. The van der Waals surface area contributed by atoms with Crippen LogP contribution in [-0.2, 0) is 11.3 Å². The topological polar surface area (TPSA) is 57.4 Å². The first-order valence-electron chi connectivity index (χ1n) is 6.77. The number of nitrogens with one attached hydrogen (secondary N) is 2. The summed E-state index contributed by atoms with van der Waals surface area (Å²) in [6.07, 6.45) is 2.68. The maximum atomic E-state index is 11.9. The largest absolute Gasteiger partial charge is 0.444 e. The number of nitrogens with zero attached hydrogens (tertiary/aromatic N) is 1. The summed E-state index contributed by atoms with van der Waals surface area (Å²) in [5, 5.41) is 3.45. The molecule has 2 rings (SSSR count). The number of aromatic amines is 1. The average molecular weight is 265 g/mol. The van der Waals surface area contributed by atoms with E-state index in [0.29, 0.717) is 6.04 Å². The van der Waals surface area contributed by atoms with Gasteiger partial charge in [-0.25, -0.2) is 4.79 Å². The molecular weight excluding hydrogens is 242 g/mol. The number of ether oxygens (including phenoxy) is 1. The third-order valence-corrected chi connectivity index (χ3v) is 3.08. The minimum atomic E-state index is -0.424. The molecule has 1 aromatic rings. The molecule has 2 heterocycles. The summed E-state index contributed by atoms with van der Waals surface area (Å²) in [7, 11) is 0. The molecule has 0 radical (unpaired) electrons. The van der Waals surface area contributed by atoms with Crippen molar-refractivity contribution in [2.45, 2.75) is 45.4 Å². The molecule has 0 aliphatic carbocycles. The predicted octanol–water partition coefficient (Wildman–Crippen LogP) is 2.11. The third-order valence-electron chi connectivity index (χ3n) is 3.08. The fourth-order valence-electron chi connectivity index (χ4n) is 2.15. The Morgan fingerprint density at radius 2 is 2.37 bits per heavy atom. The summed E-state index contributed by atoms with van der Waals surface area (Å²) < 4.78 is 5.37. The standard InChI is InChI=1S/C14H23N3O2/c1-14(2,3)19-13(18)17-8-6-12(10-17)16-9-11-5-4-7-15-11/h4-5,7,12,15-16H,6,8-10H2,1-3H3/t12-/m1/s1. The van der Waals surface area contributed by atoms with E-state index in [0.717, 1.165) is 31.7 Å². The zero-order valence-corrected chi connectivity index (χ0v) is 11.9. The predicted molar refractivity (Wildman–Crippen MR) is 73.8 cm³/mol. The van der Waals surface area contributed by atoms with Gasteiger partial charge in [0.15, 0.2) is 0 Å². The van der Waals surface area contributed by atoms with E-state index < -0.39 is 5.60 Å². The second kappa shape index (κ2) is 5.65. The minimum absolute atomic E-state index is 0.211. The molecule has 1 amide bonds. The van der Waals surface area contributed by atoms with Crippen molar-refractivity contribution in [3.63, 3.8) is 0 Å². The number of rotatable bonds is 3. The van der Waals surface area contributed by atoms with E-state index >= 15 is 0 Å². The smallest absolute Gasteiger partial charge is 0.410 e. The van der Waals surface area contributed by atoms with Crippen molar-refractivity contribution in [1.82, 2.24) is 15.2 Å². The monoisotopic (exact) mass is 265 g/mol. The third kappa shape index (κ3) is 4.28. The molecular formula is C14H23N3O2. The molecule has 0 bridgehead atoms. The Morgan fingerprint density at radius 1 is 1.58 bits per heavy atom. The molecule has 19 heavy (non-hydrogen) atoms. The summed E-state index contributed by atoms with van der Waals surface area (Å²) in [4.78, 5) is 16.8. The van der Waals surface area contributed by atoms with Gasteiger partial charge in [0.2, 0.25) is 0 Å². The van der Waals surface area contributed by atoms with Crippen molar-refractivity contribution >= 4 is 6.09 Å². The van der Waals surface area contributed by atoms with Gasteiger partial charge in [0.1, 0.15) is 5.60 Å². The highest BCUT2D eigenvalue weighted by Gasteiger charge is 2.29. The van der Waals surface area contributed by atoms with Crippen molar-refractivity contribution in [2.24, 2.45) is 0 Å². The Hall–Kier alpha value is -1.49. The van der Waals surface area contributed by atoms with E-state index in [1.165, 1.54) is 0 Å². The number of carbonyl (C=O) groups excluding carboxylic acids is 1. The van der Waals surface area contributed by atoms with E-state index in [-0.39, 0.29) is 6.09 Å². The zero-order valence-electron chi connectivity index (χ0n) is 11.9. The van der Waals surface area contributed by atoms with E-state index in [2.05, 4.69) is 10.3 Å². The van der Waals surface area contributed by atoms with Crippen LogP contribution in [-0.4, -0.2) is 40.7 Å². The average Bonchev–Trinajstić information content (AvgIpc) is 2.96. The number of likely N-dealkylation sites (tertiary alicyclic amines) is 1. The van der Waals surface area contributed by atoms with Gasteiger partial charge in [0, 0.05) is 37.6 Å². The zero-order chi connectivity index (χ0) is 13.9. The number of H-pyrrole nitrogens is 1. The lowest BCUT2D eigenvalue weighted by molar-refractivity contribution is 0.0291. The highest BCUT2D eigenvalue weighted by molar-refractivity contribution is 5.68. The van der Waals surface area contributed by atoms with Crippen LogP contribution in [0, 0.1) is 0 Å². The SMILES string of the molecule is CC(C)(C)OC(=O)N1CC[C@@H](NCc2ccc[nH]2)C1. The highest BCUT2D eigenvalue weighted by atomic mass is 16.6. The highest BCUT2D eigenvalue weighted by Crippen LogP contribution is 2.15. The molecule has 1 saturated heterocycles. The van der Waals surface area contributed by atoms with Crippen molar-refractivity contribution in [1.29, 1.82) is 0 Å². The van der Waals surface area contributed by atoms with Gasteiger partial charge in [-0.3, -0.25) is 0 Å². The van der Waals surface area contributed by atoms with Crippen molar-refractivity contribution < 1.29 is 9.53 Å². The van der Waals surface area contributed by atoms with E-state index in [1.54, 1.807) is 4.90 Å². The van der Waals surface area contributed by atoms with Gasteiger partial charge in [-0.2, -0.15) is 0 Å². The van der Waals surface area contributed by atoms with Gasteiger partial charge >= 0.3 is 6.09 Å². The molecule has 1 aromatic heterocycles. The molecule has 1 fully saturated rings. The lowest BCUT2D eigenvalue weighted by Gasteiger charge is -2.24. The lowest BCUT2D eigenvalue weighted by atomic mass is 10.2. The van der Waals surface area contributed by atoms with Crippen LogP contribution >= 0.6 is 0 Å². The second-order valence-electron chi connectivity index (χ2n) is 5.99. The molecule has 0 aromatic carbocycles. The van der Waals surface area contributed by atoms with Crippen LogP contribution in [0.5, 0.6) is 0 Å². The Labute approximate surface area is 114 Å². The van der Waals surface area contributed by atoms with Gasteiger partial charge in [-0.1, -0.05) is 0 Å². The van der Waals surface area contributed by atoms with Gasteiger partial charge in [-0.15, -0.1) is 0 Å². The molecule has 0 spiro atoms. The number of aromatic nitrogens is 1. The van der Waals surface area contributed by atoms with Crippen LogP contribution in [0.4, 0.5) is 4.79 Å². The molecule has 106 valence electrons. The first-order valence-corrected chi connectivity index (χ1v) is 6.77. The number of hydrogen-bond acceptors (Lipinski definition) is 3. The van der Waals surface area contributed by atoms with E-state index in [1.807, 2.05) is 39.1 Å². The number of amides is 1. The van der Waals surface area contributed by atoms with Crippen LogP contribution in [0.2, 0.25) is 0 Å². The van der Waals surface area contributed by atoms with Crippen LogP contribution in [0.3, 0.4) is 0 Å². The van der Waals surface area contributed by atoms with Crippen molar-refractivity contribution in [3.05, 3.63) is 24.0 Å². The van der Waals surface area contributed by atoms with E-state index in [4.69, 9.17) is 4.74 Å². The summed E-state index contributed by atoms with van der Waals surface area (Å²) in [5.41, 5.74) is 0.739. The Kier molecular flexibility index (Phi) is 4.14. The fraction of sp³-hybridized carbons (Fsp3) is 0.643. The van der Waals surface area contributed by atoms with E-state index in [9.17, 15) is 4.79 Å². The Bertz CT molecular complexity index is 409. The quantitative estimate of drug-likeness (QED) is 0.880. The van der Waals surface area contributed by atoms with Crippen LogP contribution in [0.25, 0.3) is 0 Å². The second-order valence-corrected chi connectivity index (χ2v) is 5.99. The van der Waals surface area contributed by atoms with Crippen LogP contribution in [0.1, 0.15) is 32.9 Å². The maximum absolute atomic E-state index is 11.9. The van der Waals surface area contributed by atoms with Gasteiger partial charge in [0.25, 0.3) is 0 Å². The van der Waals surface area contributed by atoms with Gasteiger partial charge < -0.3 is 19.9 Å². The van der Waals surface area contributed by atoms with Crippen molar-refractivity contribution in [2.75, 3.05) is 13.1 Å². The molecule has 0 unspecified atom stereocenters. The summed E-state index contributed by atoms with van der Waals surface area (Å²) in [6, 6.07) is 4.38. The molecule has 5 nitrogen and oxygen atoms in total. The maximum Gasteiger partial charge on any atom is 0.410 e. The summed E-state index contributed by atoms with van der Waals surface area (Å²) in [5.74, 6) is 0. The van der Waals surface area contributed by atoms with Crippen LogP contribution in [0.15, 0.2) is 18.3 Å². The molecule has 2 N–H and O–H groups in total. The number of hydrogen-bond donors (Lipinski definition) is 2. The van der Waals surface area contributed by atoms with Crippen LogP contribution < -0.4 is 5.32 Å². The Morgan fingerprint density at radius 3 is 3.00 bits per heavy atom. The Balaban J connectivity index is 1.75. The summed E-state index contributed by atoms with van der Waals surface area (Å²) in [6.45, 7) is 7.96. The molecule has 0 saturated carbocycles. The lowest BCUT2D eigenvalue weighted by Crippen LogP contribution is -2.38. The molecule has 1 aliphatic rings. The van der Waals surface area contributed by atoms with Gasteiger partial charge in [-0.05, 0) is 39.3 Å². The number of carbonyl (C=O) groups is 1. The first kappa shape index (κ1) is 13.9. The molecule has 1 aliphatic heterocycles. The minimum Gasteiger partial charge on any atom is -0.444 e. The van der Waals surface area contributed by atoms with Crippen molar-refractivity contribution in [3.8, 4) is 0 Å². The summed E-state index contributed by atoms with van der Waals surface area (Å²) >= 11 is 0. The fourth-order valence-corrected chi connectivity index (χ4v) is 2.15. The molecule has 5 heteroatoms. The van der Waals surface area contributed by atoms with Gasteiger partial charge in [0.05, 0.1) is 0 Å². The normalized spacial score (nSPS) is 19.7.